The second kappa shape index (κ2) is 4.83. The van der Waals surface area contributed by atoms with Crippen LogP contribution in [0.25, 0.3) is 0 Å². The summed E-state index contributed by atoms with van der Waals surface area (Å²) < 4.78 is 36.0. The van der Waals surface area contributed by atoms with Crippen LogP contribution in [0.4, 0.5) is 0 Å². The Hall–Kier alpha value is -0.430. The molecule has 1 atom stereocenters. The highest BCUT2D eigenvalue weighted by molar-refractivity contribution is 7.89. The molecule has 2 rings (SSSR count). The largest absolute Gasteiger partial charge is 0.376 e. The highest BCUT2D eigenvalue weighted by atomic mass is 32.2. The minimum absolute atomic E-state index is 0.0219. The van der Waals surface area contributed by atoms with E-state index in [0.717, 1.165) is 5.57 Å². The van der Waals surface area contributed by atoms with Crippen LogP contribution in [0.3, 0.4) is 0 Å². The monoisotopic (exact) mass is 247 g/mol. The zero-order chi connectivity index (χ0) is 11.6. The molecular weight excluding hydrogens is 230 g/mol. The topological polar surface area (TPSA) is 55.8 Å². The molecule has 0 aromatic carbocycles. The zero-order valence-corrected chi connectivity index (χ0v) is 10.2. The normalized spacial score (nSPS) is 28.1. The van der Waals surface area contributed by atoms with E-state index in [9.17, 15) is 8.42 Å². The number of rotatable bonds is 3. The minimum Gasteiger partial charge on any atom is -0.376 e. The summed E-state index contributed by atoms with van der Waals surface area (Å²) in [7, 11) is -3.22. The Bertz CT molecular complexity index is 370. The fourth-order valence-electron chi connectivity index (χ4n) is 1.85. The molecule has 2 aliphatic heterocycles. The van der Waals surface area contributed by atoms with Gasteiger partial charge in [0.05, 0.1) is 31.7 Å². The van der Waals surface area contributed by atoms with E-state index in [4.69, 9.17) is 9.47 Å². The van der Waals surface area contributed by atoms with E-state index in [1.54, 1.807) is 0 Å². The lowest BCUT2D eigenvalue weighted by atomic mass is 10.3. The number of hydrogen-bond donors (Lipinski definition) is 0. The standard InChI is InChI=1S/C10H17NO4S/c1-9-2-3-11(6-9)16(12,13)8-10-7-14-4-5-15-10/h2,10H,3-8H2,1H3. The molecule has 0 N–H and O–H groups in total. The van der Waals surface area contributed by atoms with Gasteiger partial charge in [-0.3, -0.25) is 0 Å². The van der Waals surface area contributed by atoms with Gasteiger partial charge in [-0.2, -0.15) is 4.31 Å². The van der Waals surface area contributed by atoms with Gasteiger partial charge in [0.2, 0.25) is 10.0 Å². The average molecular weight is 247 g/mol. The Balaban J connectivity index is 1.92. The smallest absolute Gasteiger partial charge is 0.217 e. The van der Waals surface area contributed by atoms with Crippen LogP contribution >= 0.6 is 0 Å². The Morgan fingerprint density at radius 1 is 1.50 bits per heavy atom. The van der Waals surface area contributed by atoms with Gasteiger partial charge in [-0.05, 0) is 6.92 Å². The van der Waals surface area contributed by atoms with Gasteiger partial charge in [0.15, 0.2) is 0 Å². The van der Waals surface area contributed by atoms with Crippen LogP contribution in [-0.4, -0.2) is 57.5 Å². The van der Waals surface area contributed by atoms with E-state index in [1.807, 2.05) is 13.0 Å². The number of hydrogen-bond acceptors (Lipinski definition) is 4. The van der Waals surface area contributed by atoms with Crippen molar-refractivity contribution in [1.82, 2.24) is 4.31 Å². The number of ether oxygens (including phenoxy) is 2. The summed E-state index contributed by atoms with van der Waals surface area (Å²) in [6, 6.07) is 0. The lowest BCUT2D eigenvalue weighted by molar-refractivity contribution is -0.0784. The Morgan fingerprint density at radius 3 is 2.88 bits per heavy atom. The summed E-state index contributed by atoms with van der Waals surface area (Å²) in [4.78, 5) is 0. The van der Waals surface area contributed by atoms with Crippen molar-refractivity contribution < 1.29 is 17.9 Å². The molecule has 92 valence electrons. The van der Waals surface area contributed by atoms with Crippen LogP contribution < -0.4 is 0 Å². The molecule has 5 nitrogen and oxygen atoms in total. The summed E-state index contributed by atoms with van der Waals surface area (Å²) >= 11 is 0. The van der Waals surface area contributed by atoms with Crippen LogP contribution in [0.15, 0.2) is 11.6 Å². The maximum atomic E-state index is 12.0. The lowest BCUT2D eigenvalue weighted by Gasteiger charge is -2.25. The van der Waals surface area contributed by atoms with Gasteiger partial charge >= 0.3 is 0 Å². The number of nitrogens with zero attached hydrogens (tertiary/aromatic N) is 1. The minimum atomic E-state index is -3.22. The van der Waals surface area contributed by atoms with Crippen LogP contribution in [-0.2, 0) is 19.5 Å². The zero-order valence-electron chi connectivity index (χ0n) is 9.39. The highest BCUT2D eigenvalue weighted by Gasteiger charge is 2.29. The summed E-state index contributed by atoms with van der Waals surface area (Å²) in [6.07, 6.45) is 1.62. The Kier molecular flexibility index (Phi) is 3.63. The van der Waals surface area contributed by atoms with Crippen LogP contribution in [0.1, 0.15) is 6.92 Å². The first-order chi connectivity index (χ1) is 7.58. The fourth-order valence-corrected chi connectivity index (χ4v) is 3.43. The van der Waals surface area contributed by atoms with Crippen LogP contribution in [0.2, 0.25) is 0 Å². The van der Waals surface area contributed by atoms with Crippen molar-refractivity contribution in [2.24, 2.45) is 0 Å². The molecule has 0 aromatic heterocycles. The summed E-state index contributed by atoms with van der Waals surface area (Å²) in [5.74, 6) is 0.0219. The van der Waals surface area contributed by atoms with E-state index >= 15 is 0 Å². The predicted octanol–water partition coefficient (Wildman–Crippen LogP) is -0.00650. The van der Waals surface area contributed by atoms with Crippen molar-refractivity contribution in [1.29, 1.82) is 0 Å². The molecule has 0 aromatic rings. The maximum Gasteiger partial charge on any atom is 0.217 e. The lowest BCUT2D eigenvalue weighted by Crippen LogP contribution is -2.40. The number of sulfonamides is 1. The van der Waals surface area contributed by atoms with Crippen molar-refractivity contribution in [3.05, 3.63) is 11.6 Å². The molecule has 0 aliphatic carbocycles. The molecule has 1 saturated heterocycles. The second-order valence-electron chi connectivity index (χ2n) is 4.19. The van der Waals surface area contributed by atoms with E-state index in [1.165, 1.54) is 4.31 Å². The summed E-state index contributed by atoms with van der Waals surface area (Å²) in [6.45, 7) is 4.35. The van der Waals surface area contributed by atoms with E-state index in [-0.39, 0.29) is 11.9 Å². The van der Waals surface area contributed by atoms with Crippen molar-refractivity contribution in [3.63, 3.8) is 0 Å². The molecule has 0 amide bonds. The predicted molar refractivity (Wildman–Crippen MR) is 59.7 cm³/mol. The van der Waals surface area contributed by atoms with E-state index in [0.29, 0.717) is 32.9 Å². The van der Waals surface area contributed by atoms with Gasteiger partial charge in [-0.1, -0.05) is 11.6 Å². The Labute approximate surface area is 96.1 Å². The van der Waals surface area contributed by atoms with Crippen molar-refractivity contribution in [2.75, 3.05) is 38.7 Å². The third-order valence-electron chi connectivity index (χ3n) is 2.74. The third-order valence-corrected chi connectivity index (χ3v) is 4.60. The van der Waals surface area contributed by atoms with Gasteiger partial charge in [0, 0.05) is 13.1 Å². The van der Waals surface area contributed by atoms with E-state index in [2.05, 4.69) is 0 Å². The first kappa shape index (κ1) is 12.0. The molecule has 2 heterocycles. The van der Waals surface area contributed by atoms with Crippen molar-refractivity contribution >= 4 is 10.0 Å². The molecule has 2 aliphatic rings. The van der Waals surface area contributed by atoms with Gasteiger partial charge in [-0.15, -0.1) is 0 Å². The Morgan fingerprint density at radius 2 is 2.31 bits per heavy atom. The molecular formula is C10H17NO4S. The fraction of sp³-hybridized carbons (Fsp3) is 0.800. The first-order valence-corrected chi connectivity index (χ1v) is 7.01. The van der Waals surface area contributed by atoms with Crippen molar-refractivity contribution in [3.8, 4) is 0 Å². The maximum absolute atomic E-state index is 12.0. The summed E-state index contributed by atoms with van der Waals surface area (Å²) in [5.41, 5.74) is 1.10. The van der Waals surface area contributed by atoms with Gasteiger partial charge in [-0.25, -0.2) is 8.42 Å². The van der Waals surface area contributed by atoms with E-state index < -0.39 is 10.0 Å². The molecule has 16 heavy (non-hydrogen) atoms. The molecule has 0 radical (unpaired) electrons. The molecule has 0 spiro atoms. The second-order valence-corrected chi connectivity index (χ2v) is 6.20. The van der Waals surface area contributed by atoms with Gasteiger partial charge in [0.1, 0.15) is 0 Å². The molecule has 1 fully saturated rings. The molecule has 0 saturated carbocycles. The van der Waals surface area contributed by atoms with Crippen molar-refractivity contribution in [2.45, 2.75) is 13.0 Å². The van der Waals surface area contributed by atoms with Gasteiger partial charge < -0.3 is 9.47 Å². The molecule has 1 unspecified atom stereocenters. The van der Waals surface area contributed by atoms with Gasteiger partial charge in [0.25, 0.3) is 0 Å². The van der Waals surface area contributed by atoms with Crippen LogP contribution in [0.5, 0.6) is 0 Å². The third kappa shape index (κ3) is 2.82. The highest BCUT2D eigenvalue weighted by Crippen LogP contribution is 2.15. The van der Waals surface area contributed by atoms with Crippen LogP contribution in [0, 0.1) is 0 Å². The quantitative estimate of drug-likeness (QED) is 0.658. The average Bonchev–Trinajstić information content (AvgIpc) is 2.66. The molecule has 6 heteroatoms. The first-order valence-electron chi connectivity index (χ1n) is 5.41. The summed E-state index contributed by atoms with van der Waals surface area (Å²) in [5, 5.41) is 0. The molecule has 0 bridgehead atoms. The SMILES string of the molecule is CC1=CCN(S(=O)(=O)CC2COCCO2)C1.